The first-order valence-electron chi connectivity index (χ1n) is 9.72. The molecule has 4 rings (SSSR count). The fourth-order valence-corrected chi connectivity index (χ4v) is 3.63. The molecule has 5 nitrogen and oxygen atoms in total. The normalized spacial score (nSPS) is 13.2. The summed E-state index contributed by atoms with van der Waals surface area (Å²) in [5, 5.41) is 7.54. The third kappa shape index (κ3) is 3.93. The van der Waals surface area contributed by atoms with E-state index < -0.39 is 0 Å². The molecule has 5 heteroatoms. The number of carbonyl (C=O) groups is 1. The topological polar surface area (TPSA) is 56.2 Å². The Morgan fingerprint density at radius 1 is 1.25 bits per heavy atom. The lowest BCUT2D eigenvalue weighted by Gasteiger charge is -2.20. The van der Waals surface area contributed by atoms with Gasteiger partial charge in [0.2, 0.25) is 5.91 Å². The Labute approximate surface area is 165 Å². The summed E-state index contributed by atoms with van der Waals surface area (Å²) >= 11 is 0. The van der Waals surface area contributed by atoms with Gasteiger partial charge in [-0.15, -0.1) is 0 Å². The van der Waals surface area contributed by atoms with Crippen LogP contribution in [0.4, 0.5) is 0 Å². The van der Waals surface area contributed by atoms with Gasteiger partial charge in [-0.05, 0) is 44.4 Å². The molecule has 28 heavy (non-hydrogen) atoms. The number of nitrogens with zero attached hydrogens (tertiary/aromatic N) is 2. The highest BCUT2D eigenvalue weighted by atomic mass is 16.5. The van der Waals surface area contributed by atoms with Gasteiger partial charge in [-0.25, -0.2) is 0 Å². The van der Waals surface area contributed by atoms with Gasteiger partial charge < -0.3 is 10.1 Å². The summed E-state index contributed by atoms with van der Waals surface area (Å²) in [6.07, 6.45) is 3.65. The van der Waals surface area contributed by atoms with Crippen molar-refractivity contribution in [2.24, 2.45) is 0 Å². The highest BCUT2D eigenvalue weighted by molar-refractivity contribution is 5.78. The molecule has 0 spiro atoms. The Balaban J connectivity index is 1.41. The van der Waals surface area contributed by atoms with Gasteiger partial charge in [0.15, 0.2) is 0 Å². The smallest absolute Gasteiger partial charge is 0.241 e. The second kappa shape index (κ2) is 7.89. The molecule has 1 aromatic heterocycles. The van der Waals surface area contributed by atoms with Crippen LogP contribution in [0.1, 0.15) is 30.0 Å². The molecule has 3 aromatic rings. The van der Waals surface area contributed by atoms with Crippen LogP contribution < -0.4 is 10.1 Å². The third-order valence-corrected chi connectivity index (χ3v) is 5.10. The third-order valence-electron chi connectivity index (χ3n) is 5.10. The van der Waals surface area contributed by atoms with Crippen molar-refractivity contribution < 1.29 is 9.53 Å². The van der Waals surface area contributed by atoms with Crippen molar-refractivity contribution >= 4 is 5.91 Å². The fourth-order valence-electron chi connectivity index (χ4n) is 3.63. The highest BCUT2D eigenvalue weighted by Gasteiger charge is 2.23. The number of nitrogens with one attached hydrogen (secondary N) is 1. The number of benzene rings is 2. The van der Waals surface area contributed by atoms with Crippen LogP contribution in [0.25, 0.3) is 11.3 Å². The quantitative estimate of drug-likeness (QED) is 0.711. The second-order valence-corrected chi connectivity index (χ2v) is 7.46. The molecular weight excluding hydrogens is 350 g/mol. The molecule has 0 bridgehead atoms. The number of amides is 1. The number of fused-ring (bicyclic) bond motifs is 3. The second-order valence-electron chi connectivity index (χ2n) is 7.46. The minimum absolute atomic E-state index is 0.0212. The van der Waals surface area contributed by atoms with Crippen molar-refractivity contribution in [3.05, 3.63) is 71.4 Å². The zero-order valence-electron chi connectivity index (χ0n) is 16.3. The van der Waals surface area contributed by atoms with Gasteiger partial charge in [-0.2, -0.15) is 5.10 Å². The largest absolute Gasteiger partial charge is 0.488 e. The van der Waals surface area contributed by atoms with E-state index in [1.54, 1.807) is 10.9 Å². The molecule has 0 fully saturated rings. The minimum atomic E-state index is -0.0212. The van der Waals surface area contributed by atoms with Crippen molar-refractivity contribution in [2.75, 3.05) is 0 Å². The molecular formula is C23H25N3O2. The van der Waals surface area contributed by atoms with Crippen LogP contribution in [-0.2, 0) is 24.4 Å². The van der Waals surface area contributed by atoms with Gasteiger partial charge in [0.25, 0.3) is 0 Å². The molecule has 0 saturated heterocycles. The van der Waals surface area contributed by atoms with E-state index in [0.717, 1.165) is 41.0 Å². The number of rotatable bonds is 6. The van der Waals surface area contributed by atoms with E-state index in [1.165, 1.54) is 5.56 Å². The predicted molar refractivity (Wildman–Crippen MR) is 109 cm³/mol. The van der Waals surface area contributed by atoms with E-state index in [1.807, 2.05) is 37.3 Å². The van der Waals surface area contributed by atoms with Crippen molar-refractivity contribution in [2.45, 2.75) is 45.9 Å². The zero-order chi connectivity index (χ0) is 19.5. The Kier molecular flexibility index (Phi) is 5.15. The van der Waals surface area contributed by atoms with E-state index in [2.05, 4.69) is 35.5 Å². The van der Waals surface area contributed by atoms with Gasteiger partial charge in [0.05, 0.1) is 11.9 Å². The Bertz CT molecular complexity index is 979. The lowest BCUT2D eigenvalue weighted by atomic mass is 10.0. The van der Waals surface area contributed by atoms with E-state index in [-0.39, 0.29) is 18.5 Å². The minimum Gasteiger partial charge on any atom is -0.488 e. The Hall–Kier alpha value is -3.08. The maximum Gasteiger partial charge on any atom is 0.241 e. The van der Waals surface area contributed by atoms with Crippen LogP contribution in [0.15, 0.2) is 54.7 Å². The maximum absolute atomic E-state index is 12.6. The van der Waals surface area contributed by atoms with Gasteiger partial charge >= 0.3 is 0 Å². The van der Waals surface area contributed by atoms with Crippen molar-refractivity contribution in [1.29, 1.82) is 0 Å². The summed E-state index contributed by atoms with van der Waals surface area (Å²) in [4.78, 5) is 12.6. The van der Waals surface area contributed by atoms with E-state index in [9.17, 15) is 4.79 Å². The molecule has 0 unspecified atom stereocenters. The summed E-state index contributed by atoms with van der Waals surface area (Å²) in [5.41, 5.74) is 5.45. The molecule has 0 aliphatic carbocycles. The number of hydrogen-bond donors (Lipinski definition) is 1. The Morgan fingerprint density at radius 3 is 2.89 bits per heavy atom. The number of ether oxygens (including phenoxy) is 1. The molecule has 2 aromatic carbocycles. The molecule has 0 saturated carbocycles. The molecule has 2 heterocycles. The number of aryl methyl sites for hydroxylation is 2. The summed E-state index contributed by atoms with van der Waals surface area (Å²) in [6.45, 7) is 4.79. The van der Waals surface area contributed by atoms with Crippen molar-refractivity contribution in [1.82, 2.24) is 15.1 Å². The maximum atomic E-state index is 12.6. The van der Waals surface area contributed by atoms with E-state index in [0.29, 0.717) is 6.61 Å². The van der Waals surface area contributed by atoms with Gasteiger partial charge in [-0.3, -0.25) is 9.48 Å². The average molecular weight is 375 g/mol. The van der Waals surface area contributed by atoms with E-state index in [4.69, 9.17) is 4.74 Å². The molecule has 1 aliphatic rings. The molecule has 1 amide bonds. The Morgan fingerprint density at radius 2 is 2.07 bits per heavy atom. The number of carbonyl (C=O) groups excluding carboxylic acids is 1. The molecule has 1 atom stereocenters. The van der Waals surface area contributed by atoms with Crippen LogP contribution >= 0.6 is 0 Å². The average Bonchev–Trinajstić information content (AvgIpc) is 3.10. The predicted octanol–water partition coefficient (Wildman–Crippen LogP) is 3.89. The molecule has 144 valence electrons. The van der Waals surface area contributed by atoms with Crippen LogP contribution in [-0.4, -0.2) is 21.7 Å². The highest BCUT2D eigenvalue weighted by Crippen LogP contribution is 2.37. The first-order valence-corrected chi connectivity index (χ1v) is 9.72. The lowest BCUT2D eigenvalue weighted by molar-refractivity contribution is -0.122. The molecule has 0 radical (unpaired) electrons. The molecule has 1 N–H and O–H groups in total. The zero-order valence-corrected chi connectivity index (χ0v) is 16.3. The molecule has 1 aliphatic heterocycles. The number of aromatic nitrogens is 2. The van der Waals surface area contributed by atoms with E-state index >= 15 is 0 Å². The summed E-state index contributed by atoms with van der Waals surface area (Å²) in [6, 6.07) is 16.6. The summed E-state index contributed by atoms with van der Waals surface area (Å²) in [7, 11) is 0. The van der Waals surface area contributed by atoms with Crippen LogP contribution in [0.3, 0.4) is 0 Å². The number of hydrogen-bond acceptors (Lipinski definition) is 3. The standard InChI is InChI=1S/C23H25N3O2/c1-16-8-11-21-20(12-16)23-19(15-28-21)13-24-26(23)14-22(27)25-17(2)9-10-18-6-4-3-5-7-18/h3-8,11-13,17H,9-10,14-15H2,1-2H3,(H,25,27)/t17-/m0/s1. The first kappa shape index (κ1) is 18.3. The van der Waals surface area contributed by atoms with Crippen LogP contribution in [0.5, 0.6) is 5.75 Å². The lowest BCUT2D eigenvalue weighted by Crippen LogP contribution is -2.35. The van der Waals surface area contributed by atoms with Gasteiger partial charge in [-0.1, -0.05) is 42.0 Å². The van der Waals surface area contributed by atoms with Crippen LogP contribution in [0, 0.1) is 6.92 Å². The fraction of sp³-hybridized carbons (Fsp3) is 0.304. The van der Waals surface area contributed by atoms with Crippen molar-refractivity contribution in [3.8, 4) is 17.0 Å². The monoisotopic (exact) mass is 375 g/mol. The van der Waals surface area contributed by atoms with Crippen molar-refractivity contribution in [3.63, 3.8) is 0 Å². The summed E-state index contributed by atoms with van der Waals surface area (Å²) in [5.74, 6) is 0.823. The SMILES string of the molecule is Cc1ccc2c(c1)-c1c(cnn1CC(=O)N[C@@H](C)CCc1ccccc1)CO2. The van der Waals surface area contributed by atoms with Gasteiger partial charge in [0, 0.05) is 17.2 Å². The summed E-state index contributed by atoms with van der Waals surface area (Å²) < 4.78 is 7.59. The first-order chi connectivity index (χ1) is 13.6. The van der Waals surface area contributed by atoms with Gasteiger partial charge in [0.1, 0.15) is 18.9 Å². The van der Waals surface area contributed by atoms with Crippen LogP contribution in [0.2, 0.25) is 0 Å².